The molecule has 2 heterocycles. The largest absolute Gasteiger partial charge is 0.496 e. The molecule has 12 heteroatoms. The maximum absolute atomic E-state index is 14.4. The number of hydrogen-bond donors (Lipinski definition) is 5. The Kier molecular flexibility index (Phi) is 13.1. The average molecular weight is 811 g/mol. The van der Waals surface area contributed by atoms with Crippen LogP contribution in [-0.4, -0.2) is 110 Å². The Morgan fingerprint density at radius 1 is 1.03 bits per heavy atom. The van der Waals surface area contributed by atoms with Crippen molar-refractivity contribution in [1.29, 1.82) is 0 Å². The first-order valence-electron chi connectivity index (χ1n) is 21.6. The van der Waals surface area contributed by atoms with Gasteiger partial charge in [0.1, 0.15) is 17.9 Å². The summed E-state index contributed by atoms with van der Waals surface area (Å²) in [5.74, 6) is 1.09. The van der Waals surface area contributed by atoms with Crippen LogP contribution in [0.4, 0.5) is 5.69 Å². The van der Waals surface area contributed by atoms with E-state index in [-0.39, 0.29) is 36.4 Å². The van der Waals surface area contributed by atoms with Gasteiger partial charge in [-0.2, -0.15) is 5.06 Å². The molecule has 3 aromatic carbocycles. The molecule has 0 aromatic heterocycles. The topological polar surface area (TPSA) is 153 Å². The Hall–Kier alpha value is -4.04. The minimum absolute atomic E-state index is 0.0537. The van der Waals surface area contributed by atoms with Crippen LogP contribution in [0.25, 0.3) is 11.1 Å². The number of hydroxylamine groups is 2. The molecule has 0 unspecified atom stereocenters. The van der Waals surface area contributed by atoms with Crippen molar-refractivity contribution in [2.24, 2.45) is 34.8 Å². The predicted octanol–water partition coefficient (Wildman–Crippen LogP) is 4.98. The molecule has 0 radical (unpaired) electrons. The smallest absolute Gasteiger partial charge is 0.251 e. The molecule has 2 bridgehead atoms. The van der Waals surface area contributed by atoms with Crippen molar-refractivity contribution < 1.29 is 29.4 Å². The first-order chi connectivity index (χ1) is 28.2. The summed E-state index contributed by atoms with van der Waals surface area (Å²) in [5, 5.41) is 30.9. The minimum Gasteiger partial charge on any atom is -0.496 e. The van der Waals surface area contributed by atoms with E-state index in [1.54, 1.807) is 19.1 Å². The quantitative estimate of drug-likeness (QED) is 0.142. The molecule has 2 amide bonds. The minimum atomic E-state index is -0.885. The molecule has 5 fully saturated rings. The van der Waals surface area contributed by atoms with Crippen LogP contribution < -0.4 is 26.0 Å². The number of nitrogens with one attached hydrogen (secondary N) is 2. The molecule has 3 aliphatic carbocycles. The number of carbonyl (C=O) groups excluding carboxylic acids is 2. The molecule has 5 aliphatic rings. The van der Waals surface area contributed by atoms with Gasteiger partial charge in [-0.1, -0.05) is 69.3 Å². The first kappa shape index (κ1) is 43.1. The summed E-state index contributed by atoms with van der Waals surface area (Å²) in [6.45, 7) is 11.4. The van der Waals surface area contributed by atoms with Crippen LogP contribution in [0.3, 0.4) is 0 Å². The number of para-hydroxylation sites is 1. The van der Waals surface area contributed by atoms with Gasteiger partial charge in [0.05, 0.1) is 31.9 Å². The third-order valence-corrected chi connectivity index (χ3v) is 14.2. The van der Waals surface area contributed by atoms with E-state index in [2.05, 4.69) is 36.3 Å². The molecule has 10 atom stereocenters. The maximum Gasteiger partial charge on any atom is 0.251 e. The fourth-order valence-corrected chi connectivity index (χ4v) is 10.6. The average Bonchev–Trinajstić information content (AvgIpc) is 3.88. The number of rotatable bonds is 15. The Morgan fingerprint density at radius 2 is 1.76 bits per heavy atom. The summed E-state index contributed by atoms with van der Waals surface area (Å²) >= 11 is 0. The monoisotopic (exact) mass is 811 g/mol. The Balaban J connectivity index is 1.17. The third-order valence-electron chi connectivity index (χ3n) is 14.2. The van der Waals surface area contributed by atoms with E-state index < -0.39 is 36.3 Å². The molecular formula is C47H66N6O6. The summed E-state index contributed by atoms with van der Waals surface area (Å²) in [5.41, 5.74) is 10.8. The van der Waals surface area contributed by atoms with Crippen LogP contribution in [0.2, 0.25) is 0 Å². The summed E-state index contributed by atoms with van der Waals surface area (Å²) in [6, 6.07) is 19.8. The SMILES string of the molecule is COc1c(CN2O[C@@H](CN)[C@@H]([C@H](C)O)[C@H]2C(=O)N[C@@H]2C[C@H]3C[C@@H]([C@@H]2C)C3(C)C)cccc1-c1cc(C(=O)N[C@H](CN2CCCC2)[C@H](O)c2ccccc2)cc(N(C)C)c1. The van der Waals surface area contributed by atoms with Gasteiger partial charge in [0.2, 0.25) is 5.91 Å². The molecule has 3 saturated carbocycles. The number of carbonyl (C=O) groups is 2. The summed E-state index contributed by atoms with van der Waals surface area (Å²) in [7, 11) is 5.49. The molecule has 3 aromatic rings. The van der Waals surface area contributed by atoms with E-state index in [4.69, 9.17) is 15.3 Å². The highest BCUT2D eigenvalue weighted by atomic mass is 16.7. The van der Waals surface area contributed by atoms with Gasteiger partial charge < -0.3 is 41.1 Å². The van der Waals surface area contributed by atoms with Gasteiger partial charge in [-0.3, -0.25) is 14.4 Å². The van der Waals surface area contributed by atoms with Crippen LogP contribution in [0.5, 0.6) is 5.75 Å². The summed E-state index contributed by atoms with van der Waals surface area (Å²) < 4.78 is 6.15. The number of likely N-dealkylation sites (tertiary alicyclic amines) is 1. The van der Waals surface area contributed by atoms with E-state index in [1.807, 2.05) is 85.7 Å². The maximum atomic E-state index is 14.4. The van der Waals surface area contributed by atoms with Crippen molar-refractivity contribution in [3.63, 3.8) is 0 Å². The zero-order valence-corrected chi connectivity index (χ0v) is 35.9. The lowest BCUT2D eigenvalue weighted by Gasteiger charge is -2.62. The highest BCUT2D eigenvalue weighted by Crippen LogP contribution is 2.61. The molecule has 2 saturated heterocycles. The first-order valence-corrected chi connectivity index (χ1v) is 21.6. The second-order valence-electron chi connectivity index (χ2n) is 18.4. The number of amides is 2. The third kappa shape index (κ3) is 8.76. The van der Waals surface area contributed by atoms with Gasteiger partial charge in [0, 0.05) is 61.5 Å². The molecule has 8 rings (SSSR count). The summed E-state index contributed by atoms with van der Waals surface area (Å²) in [6.07, 6.45) is 2.08. The molecule has 12 nitrogen and oxygen atoms in total. The molecule has 6 N–H and O–H groups in total. The second kappa shape index (κ2) is 17.9. The van der Waals surface area contributed by atoms with Crippen LogP contribution >= 0.6 is 0 Å². The lowest BCUT2D eigenvalue weighted by Crippen LogP contribution is -2.62. The van der Waals surface area contributed by atoms with Gasteiger partial charge in [-0.15, -0.1) is 0 Å². The van der Waals surface area contributed by atoms with Crippen molar-refractivity contribution in [2.75, 3.05) is 52.3 Å². The number of aliphatic hydroxyl groups is 2. The van der Waals surface area contributed by atoms with Crippen LogP contribution in [-0.2, 0) is 16.2 Å². The van der Waals surface area contributed by atoms with E-state index in [0.717, 1.165) is 60.3 Å². The van der Waals surface area contributed by atoms with Crippen LogP contribution in [0.15, 0.2) is 66.7 Å². The number of hydrogen-bond acceptors (Lipinski definition) is 10. The summed E-state index contributed by atoms with van der Waals surface area (Å²) in [4.78, 5) is 39.3. The standard InChI is InChI=1S/C47H66N6O6/c1-28-37-23-34(47(37,3)4)24-38(28)49-46(57)42-41(29(2)54)40(25-48)59-53(42)26-31-16-13-17-36(44(31)58-7)32-20-33(22-35(21-32)51(5)6)45(56)50-39(27-52-18-11-12-19-52)43(55)30-14-9-8-10-15-30/h8-10,13-17,20-22,28-29,34,37-43,54-55H,11-12,18-19,23-27,48H2,1-7H3,(H,49,57)(H,50,56)/t28-,29-,34+,37-,38+,39+,40-,41+,42-,43+/m0/s1. The highest BCUT2D eigenvalue weighted by molar-refractivity contribution is 5.97. The van der Waals surface area contributed by atoms with Crippen molar-refractivity contribution in [3.8, 4) is 16.9 Å². The number of aliphatic hydroxyl groups excluding tert-OH is 2. The number of anilines is 1. The van der Waals surface area contributed by atoms with E-state index >= 15 is 0 Å². The van der Waals surface area contributed by atoms with Crippen molar-refractivity contribution in [3.05, 3.63) is 83.4 Å². The normalized spacial score (nSPS) is 28.0. The zero-order chi connectivity index (χ0) is 42.2. The number of fused-ring (bicyclic) bond motifs is 2. The van der Waals surface area contributed by atoms with E-state index in [0.29, 0.717) is 35.6 Å². The second-order valence-corrected chi connectivity index (χ2v) is 18.4. The van der Waals surface area contributed by atoms with Crippen LogP contribution in [0, 0.1) is 29.1 Å². The van der Waals surface area contributed by atoms with Crippen molar-refractivity contribution in [2.45, 2.75) is 96.4 Å². The predicted molar refractivity (Wildman–Crippen MR) is 231 cm³/mol. The molecule has 59 heavy (non-hydrogen) atoms. The van der Waals surface area contributed by atoms with Crippen molar-refractivity contribution >= 4 is 17.5 Å². The van der Waals surface area contributed by atoms with Gasteiger partial charge in [-0.05, 0) is 98.2 Å². The number of nitrogens with two attached hydrogens (primary N) is 1. The molecule has 0 spiro atoms. The van der Waals surface area contributed by atoms with E-state index in [1.165, 1.54) is 6.42 Å². The number of nitrogens with zero attached hydrogens (tertiary/aromatic N) is 3. The number of benzene rings is 3. The number of ether oxygens (including phenoxy) is 1. The Morgan fingerprint density at radius 3 is 2.39 bits per heavy atom. The Labute approximate surface area is 350 Å². The van der Waals surface area contributed by atoms with Gasteiger partial charge in [0.25, 0.3) is 5.91 Å². The molecular weight excluding hydrogens is 745 g/mol. The molecule has 2 aliphatic heterocycles. The lowest BCUT2D eigenvalue weighted by atomic mass is 9.45. The Bertz CT molecular complexity index is 1930. The van der Waals surface area contributed by atoms with Gasteiger partial charge >= 0.3 is 0 Å². The van der Waals surface area contributed by atoms with E-state index in [9.17, 15) is 19.8 Å². The fourth-order valence-electron chi connectivity index (χ4n) is 10.6. The molecule has 320 valence electrons. The zero-order valence-electron chi connectivity index (χ0n) is 35.9. The van der Waals surface area contributed by atoms with Crippen molar-refractivity contribution in [1.82, 2.24) is 20.6 Å². The lowest BCUT2D eigenvalue weighted by molar-refractivity contribution is -0.175. The van der Waals surface area contributed by atoms with Gasteiger partial charge in [0.15, 0.2) is 0 Å². The fraction of sp³-hybridized carbons (Fsp3) is 0.574. The highest BCUT2D eigenvalue weighted by Gasteiger charge is 2.57. The number of methoxy groups -OCH3 is 1. The van der Waals surface area contributed by atoms with Gasteiger partial charge in [-0.25, -0.2) is 0 Å². The van der Waals surface area contributed by atoms with Crippen LogP contribution in [0.1, 0.15) is 81.0 Å².